The molecule has 2 aliphatic rings. The first kappa shape index (κ1) is 16.8. The number of Topliss-reactive ketones (excluding diaryl/α,β-unsaturated/α-hetero) is 1. The standard InChI is InChI=1S/C21H22N2O3/c1-11(2)9-15-17-14(12-7-5-6-8-13(12)19(17)24)10-16-18(15)20(25)23(4)21(26)22(16)3/h5-8,11,15H,9-10H2,1-4H3. The number of carbonyl (C=O) groups excluding carboxylic acids is 1. The summed E-state index contributed by atoms with van der Waals surface area (Å²) in [4.78, 5) is 38.5. The molecule has 2 aliphatic carbocycles. The maximum absolute atomic E-state index is 13.1. The number of ketones is 1. The molecule has 0 amide bonds. The molecule has 1 atom stereocenters. The van der Waals surface area contributed by atoms with E-state index in [4.69, 9.17) is 0 Å². The van der Waals surface area contributed by atoms with E-state index in [-0.39, 0.29) is 23.0 Å². The number of rotatable bonds is 2. The molecule has 0 fully saturated rings. The zero-order valence-electron chi connectivity index (χ0n) is 15.5. The van der Waals surface area contributed by atoms with E-state index < -0.39 is 0 Å². The zero-order valence-corrected chi connectivity index (χ0v) is 15.5. The van der Waals surface area contributed by atoms with E-state index in [0.29, 0.717) is 29.9 Å². The smallest absolute Gasteiger partial charge is 0.300 e. The van der Waals surface area contributed by atoms with Gasteiger partial charge in [-0.05, 0) is 23.5 Å². The molecule has 134 valence electrons. The summed E-state index contributed by atoms with van der Waals surface area (Å²) in [5.41, 5.74) is 4.15. The van der Waals surface area contributed by atoms with Gasteiger partial charge in [0.1, 0.15) is 0 Å². The van der Waals surface area contributed by atoms with Gasteiger partial charge in [-0.25, -0.2) is 4.79 Å². The van der Waals surface area contributed by atoms with Crippen molar-refractivity contribution in [1.82, 2.24) is 9.13 Å². The van der Waals surface area contributed by atoms with Crippen molar-refractivity contribution in [2.45, 2.75) is 32.6 Å². The molecule has 1 aromatic heterocycles. The monoisotopic (exact) mass is 350 g/mol. The van der Waals surface area contributed by atoms with E-state index in [1.165, 1.54) is 7.05 Å². The summed E-state index contributed by atoms with van der Waals surface area (Å²) in [6, 6.07) is 7.61. The average molecular weight is 350 g/mol. The van der Waals surface area contributed by atoms with Crippen molar-refractivity contribution < 1.29 is 4.79 Å². The van der Waals surface area contributed by atoms with Crippen molar-refractivity contribution in [1.29, 1.82) is 0 Å². The van der Waals surface area contributed by atoms with Crippen molar-refractivity contribution in [3.05, 3.63) is 73.1 Å². The second kappa shape index (κ2) is 5.66. The van der Waals surface area contributed by atoms with Crippen LogP contribution in [-0.4, -0.2) is 14.9 Å². The van der Waals surface area contributed by atoms with Crippen molar-refractivity contribution in [3.8, 4) is 0 Å². The Balaban J connectivity index is 2.05. The summed E-state index contributed by atoms with van der Waals surface area (Å²) in [7, 11) is 3.22. The molecule has 0 radical (unpaired) electrons. The lowest BCUT2D eigenvalue weighted by atomic mass is 9.76. The third kappa shape index (κ3) is 2.13. The highest BCUT2D eigenvalue weighted by atomic mass is 16.2. The highest BCUT2D eigenvalue weighted by Gasteiger charge is 2.41. The molecule has 1 aromatic carbocycles. The summed E-state index contributed by atoms with van der Waals surface area (Å²) in [6.07, 6.45) is 1.16. The maximum atomic E-state index is 13.1. The molecule has 1 unspecified atom stereocenters. The van der Waals surface area contributed by atoms with Gasteiger partial charge in [-0.1, -0.05) is 38.1 Å². The van der Waals surface area contributed by atoms with Crippen LogP contribution in [0.2, 0.25) is 0 Å². The minimum atomic E-state index is -0.321. The van der Waals surface area contributed by atoms with Crippen LogP contribution < -0.4 is 11.2 Å². The first-order valence-corrected chi connectivity index (χ1v) is 8.98. The Kier molecular flexibility index (Phi) is 3.65. The predicted molar refractivity (Wildman–Crippen MR) is 101 cm³/mol. The Morgan fingerprint density at radius 3 is 2.35 bits per heavy atom. The number of aromatic nitrogens is 2. The average Bonchev–Trinajstić information content (AvgIpc) is 2.90. The predicted octanol–water partition coefficient (Wildman–Crippen LogP) is 2.42. The third-order valence-corrected chi connectivity index (χ3v) is 5.64. The number of fused-ring (bicyclic) bond motifs is 3. The number of hydrogen-bond donors (Lipinski definition) is 0. The van der Waals surface area contributed by atoms with Gasteiger partial charge < -0.3 is 0 Å². The topological polar surface area (TPSA) is 61.1 Å². The van der Waals surface area contributed by atoms with Crippen LogP contribution in [0.3, 0.4) is 0 Å². The molecule has 0 bridgehead atoms. The fourth-order valence-corrected chi connectivity index (χ4v) is 4.43. The molecule has 0 saturated heterocycles. The highest BCUT2D eigenvalue weighted by molar-refractivity contribution is 6.22. The fourth-order valence-electron chi connectivity index (χ4n) is 4.43. The summed E-state index contributed by atoms with van der Waals surface area (Å²) in [5.74, 6) is 0.0834. The molecule has 26 heavy (non-hydrogen) atoms. The van der Waals surface area contributed by atoms with Crippen LogP contribution >= 0.6 is 0 Å². The van der Waals surface area contributed by atoms with Gasteiger partial charge in [0, 0.05) is 48.8 Å². The zero-order chi connectivity index (χ0) is 18.7. The SMILES string of the molecule is CC(C)CC1C2=C(Cc3c1c(=O)n(C)c(=O)n3C)c1ccccc1C2=O. The van der Waals surface area contributed by atoms with Crippen LogP contribution in [0.15, 0.2) is 39.4 Å². The Morgan fingerprint density at radius 1 is 1.04 bits per heavy atom. The van der Waals surface area contributed by atoms with Crippen LogP contribution in [0.1, 0.15) is 53.4 Å². The van der Waals surface area contributed by atoms with Gasteiger partial charge in [0.2, 0.25) is 0 Å². The van der Waals surface area contributed by atoms with Gasteiger partial charge in [-0.3, -0.25) is 18.7 Å². The summed E-state index contributed by atoms with van der Waals surface area (Å²) < 4.78 is 2.73. The summed E-state index contributed by atoms with van der Waals surface area (Å²) >= 11 is 0. The van der Waals surface area contributed by atoms with Crippen LogP contribution in [0, 0.1) is 5.92 Å². The van der Waals surface area contributed by atoms with E-state index in [9.17, 15) is 14.4 Å². The van der Waals surface area contributed by atoms with E-state index in [1.807, 2.05) is 24.3 Å². The molecule has 5 nitrogen and oxygen atoms in total. The molecule has 5 heteroatoms. The van der Waals surface area contributed by atoms with Crippen molar-refractivity contribution in [2.24, 2.45) is 20.0 Å². The normalized spacial score (nSPS) is 18.2. The quantitative estimate of drug-likeness (QED) is 0.836. The Bertz CT molecular complexity index is 1100. The lowest BCUT2D eigenvalue weighted by Gasteiger charge is -2.29. The highest BCUT2D eigenvalue weighted by Crippen LogP contribution is 2.47. The summed E-state index contributed by atoms with van der Waals surface area (Å²) in [5, 5.41) is 0. The molecule has 4 rings (SSSR count). The lowest BCUT2D eigenvalue weighted by Crippen LogP contribution is -2.43. The van der Waals surface area contributed by atoms with Gasteiger partial charge in [-0.2, -0.15) is 0 Å². The maximum Gasteiger partial charge on any atom is 0.330 e. The summed E-state index contributed by atoms with van der Waals surface area (Å²) in [6.45, 7) is 4.18. The largest absolute Gasteiger partial charge is 0.330 e. The van der Waals surface area contributed by atoms with E-state index in [2.05, 4.69) is 13.8 Å². The number of benzene rings is 1. The van der Waals surface area contributed by atoms with Crippen molar-refractivity contribution >= 4 is 11.4 Å². The molecule has 0 spiro atoms. The molecule has 0 N–H and O–H groups in total. The molecule has 1 heterocycles. The second-order valence-electron chi connectivity index (χ2n) is 7.69. The van der Waals surface area contributed by atoms with Crippen LogP contribution in [0.4, 0.5) is 0 Å². The fraction of sp³-hybridized carbons (Fsp3) is 0.381. The van der Waals surface area contributed by atoms with Gasteiger partial charge in [0.05, 0.1) is 0 Å². The van der Waals surface area contributed by atoms with Gasteiger partial charge in [0.15, 0.2) is 5.78 Å². The van der Waals surface area contributed by atoms with Crippen molar-refractivity contribution in [2.75, 3.05) is 0 Å². The Hall–Kier alpha value is -2.69. The number of allylic oxidation sites excluding steroid dienone is 2. The molecule has 2 aromatic rings. The number of nitrogens with zero attached hydrogens (tertiary/aromatic N) is 2. The first-order valence-electron chi connectivity index (χ1n) is 8.98. The Labute approximate surface area is 151 Å². The molecule has 0 saturated carbocycles. The minimum Gasteiger partial charge on any atom is -0.300 e. The van der Waals surface area contributed by atoms with E-state index >= 15 is 0 Å². The van der Waals surface area contributed by atoms with E-state index in [0.717, 1.165) is 27.0 Å². The molecular formula is C21H22N2O3. The van der Waals surface area contributed by atoms with E-state index in [1.54, 1.807) is 11.6 Å². The molecular weight excluding hydrogens is 328 g/mol. The Morgan fingerprint density at radius 2 is 1.69 bits per heavy atom. The number of hydrogen-bond acceptors (Lipinski definition) is 3. The van der Waals surface area contributed by atoms with Crippen LogP contribution in [-0.2, 0) is 20.5 Å². The van der Waals surface area contributed by atoms with Gasteiger partial charge in [0.25, 0.3) is 5.56 Å². The third-order valence-electron chi connectivity index (χ3n) is 5.64. The first-order chi connectivity index (χ1) is 12.3. The second-order valence-corrected chi connectivity index (χ2v) is 7.69. The minimum absolute atomic E-state index is 0.0304. The lowest BCUT2D eigenvalue weighted by molar-refractivity contribution is 0.103. The van der Waals surface area contributed by atoms with Gasteiger partial charge in [-0.15, -0.1) is 0 Å². The van der Waals surface area contributed by atoms with Crippen LogP contribution in [0.5, 0.6) is 0 Å². The molecule has 0 aliphatic heterocycles. The van der Waals surface area contributed by atoms with Gasteiger partial charge >= 0.3 is 5.69 Å². The van der Waals surface area contributed by atoms with Crippen LogP contribution in [0.25, 0.3) is 5.57 Å². The van der Waals surface area contributed by atoms with Crippen molar-refractivity contribution in [3.63, 3.8) is 0 Å². The number of carbonyl (C=O) groups is 1.